The van der Waals surface area contributed by atoms with Crippen LogP contribution in [0.4, 0.5) is 20.3 Å². The molecule has 0 radical (unpaired) electrons. The Bertz CT molecular complexity index is 1080. The number of morpholine rings is 1. The van der Waals surface area contributed by atoms with Gasteiger partial charge in [0.25, 0.3) is 6.43 Å². The van der Waals surface area contributed by atoms with Gasteiger partial charge in [0, 0.05) is 30.5 Å². The molecule has 156 valence electrons. The number of nitrogens with one attached hydrogen (secondary N) is 1. The normalized spacial score (nSPS) is 21.6. The molecule has 3 aliphatic heterocycles. The topological polar surface area (TPSA) is 63.2 Å². The van der Waals surface area contributed by atoms with Gasteiger partial charge in [0.1, 0.15) is 0 Å². The molecule has 0 aliphatic carbocycles. The Morgan fingerprint density at radius 1 is 1.13 bits per heavy atom. The van der Waals surface area contributed by atoms with Crippen molar-refractivity contribution in [2.45, 2.75) is 44.9 Å². The second-order valence-corrected chi connectivity index (χ2v) is 8.08. The maximum Gasteiger partial charge on any atom is 0.263 e. The van der Waals surface area contributed by atoms with Crippen LogP contribution in [0.25, 0.3) is 10.9 Å². The lowest BCUT2D eigenvalue weighted by Crippen LogP contribution is -2.57. The number of hydrogen-bond donors (Lipinski definition) is 1. The minimum Gasteiger partial charge on any atom is -0.371 e. The summed E-state index contributed by atoms with van der Waals surface area (Å²) < 4.78 is 31.9. The van der Waals surface area contributed by atoms with Gasteiger partial charge in [-0.05, 0) is 31.5 Å². The maximum atomic E-state index is 13.1. The molecule has 0 spiro atoms. The molecule has 6 rings (SSSR count). The highest BCUT2D eigenvalue weighted by Gasteiger charge is 2.38. The van der Waals surface area contributed by atoms with E-state index in [1.165, 1.54) is 12.1 Å². The van der Waals surface area contributed by atoms with Gasteiger partial charge >= 0.3 is 0 Å². The van der Waals surface area contributed by atoms with Crippen LogP contribution >= 0.6 is 0 Å². The van der Waals surface area contributed by atoms with Crippen molar-refractivity contribution in [3.05, 3.63) is 53.3 Å². The lowest BCUT2D eigenvalue weighted by molar-refractivity contribution is -0.133. The van der Waals surface area contributed by atoms with Gasteiger partial charge in [0.05, 0.1) is 41.3 Å². The van der Waals surface area contributed by atoms with E-state index in [-0.39, 0.29) is 11.6 Å². The second kappa shape index (κ2) is 7.43. The fourth-order valence-electron chi connectivity index (χ4n) is 4.25. The monoisotopic (exact) mass is 411 g/mol. The van der Waals surface area contributed by atoms with E-state index in [1.54, 1.807) is 6.07 Å². The Kier molecular flexibility index (Phi) is 4.73. The first-order valence-electron chi connectivity index (χ1n) is 10.2. The van der Waals surface area contributed by atoms with E-state index < -0.39 is 6.43 Å². The van der Waals surface area contributed by atoms with Crippen LogP contribution in [0.1, 0.15) is 42.6 Å². The molecule has 6 nitrogen and oxygen atoms in total. The van der Waals surface area contributed by atoms with E-state index >= 15 is 0 Å². The summed E-state index contributed by atoms with van der Waals surface area (Å²) >= 11 is 0. The molecular formula is C22H23F2N5O. The van der Waals surface area contributed by atoms with E-state index in [2.05, 4.69) is 31.5 Å². The number of fused-ring (bicyclic) bond motifs is 3. The Balaban J connectivity index is 1.46. The Hall–Kier alpha value is -2.87. The lowest BCUT2D eigenvalue weighted by Gasteiger charge is -2.47. The quantitative estimate of drug-likeness (QED) is 0.671. The number of nitrogens with zero attached hydrogens (tertiary/aromatic N) is 4. The van der Waals surface area contributed by atoms with Crippen LogP contribution in [0, 0.1) is 6.92 Å². The second-order valence-electron chi connectivity index (χ2n) is 8.08. The van der Waals surface area contributed by atoms with E-state index in [4.69, 9.17) is 4.74 Å². The molecule has 3 aromatic rings. The number of piperidine rings is 1. The van der Waals surface area contributed by atoms with Crippen molar-refractivity contribution < 1.29 is 13.5 Å². The minimum absolute atomic E-state index is 0.0100. The molecule has 30 heavy (non-hydrogen) atoms. The summed E-state index contributed by atoms with van der Waals surface area (Å²) in [5, 5.41) is 12.8. The van der Waals surface area contributed by atoms with E-state index in [9.17, 15) is 8.78 Å². The molecule has 3 aliphatic rings. The van der Waals surface area contributed by atoms with Crippen molar-refractivity contribution in [1.29, 1.82) is 0 Å². The average Bonchev–Trinajstić information content (AvgIpc) is 2.75. The third-order valence-corrected chi connectivity index (χ3v) is 5.91. The van der Waals surface area contributed by atoms with E-state index in [1.807, 2.05) is 26.1 Å². The number of anilines is 2. The summed E-state index contributed by atoms with van der Waals surface area (Å²) in [6.45, 7) is 5.53. The molecule has 3 unspecified atom stereocenters. The van der Waals surface area contributed by atoms with Crippen molar-refractivity contribution in [3.63, 3.8) is 0 Å². The number of hydrogen-bond acceptors (Lipinski definition) is 6. The molecule has 0 saturated carbocycles. The van der Waals surface area contributed by atoms with Crippen LogP contribution in [0.3, 0.4) is 0 Å². The maximum absolute atomic E-state index is 13.1. The van der Waals surface area contributed by atoms with Gasteiger partial charge in [-0.15, -0.1) is 5.10 Å². The van der Waals surface area contributed by atoms with Gasteiger partial charge in [-0.3, -0.25) is 4.98 Å². The summed E-state index contributed by atoms with van der Waals surface area (Å²) in [5.41, 5.74) is 3.34. The van der Waals surface area contributed by atoms with Crippen molar-refractivity contribution in [3.8, 4) is 0 Å². The predicted molar refractivity (Wildman–Crippen MR) is 111 cm³/mol. The van der Waals surface area contributed by atoms with Gasteiger partial charge in [-0.25, -0.2) is 8.78 Å². The summed E-state index contributed by atoms with van der Waals surface area (Å²) in [4.78, 5) is 6.95. The van der Waals surface area contributed by atoms with E-state index in [0.29, 0.717) is 18.0 Å². The van der Waals surface area contributed by atoms with Gasteiger partial charge < -0.3 is 15.0 Å². The smallest absolute Gasteiger partial charge is 0.263 e. The van der Waals surface area contributed by atoms with Crippen molar-refractivity contribution in [2.75, 3.05) is 23.3 Å². The first-order chi connectivity index (χ1) is 14.5. The summed E-state index contributed by atoms with van der Waals surface area (Å²) in [7, 11) is 0. The number of benzene rings is 1. The molecule has 8 heteroatoms. The Labute approximate surface area is 173 Å². The molecule has 2 aromatic heterocycles. The van der Waals surface area contributed by atoms with Crippen LogP contribution in [0.15, 0.2) is 36.5 Å². The number of aromatic nitrogens is 3. The molecule has 1 aromatic carbocycles. The van der Waals surface area contributed by atoms with Gasteiger partial charge in [0.15, 0.2) is 5.82 Å². The zero-order chi connectivity index (χ0) is 20.8. The van der Waals surface area contributed by atoms with Crippen molar-refractivity contribution in [1.82, 2.24) is 15.2 Å². The first-order valence-corrected chi connectivity index (χ1v) is 10.2. The largest absolute Gasteiger partial charge is 0.371 e. The summed E-state index contributed by atoms with van der Waals surface area (Å²) in [6.07, 6.45) is 1.11. The average molecular weight is 411 g/mol. The highest BCUT2D eigenvalue weighted by molar-refractivity contribution is 5.92. The minimum atomic E-state index is -2.50. The Morgan fingerprint density at radius 2 is 1.87 bits per heavy atom. The van der Waals surface area contributed by atoms with E-state index in [0.717, 1.165) is 47.4 Å². The van der Waals surface area contributed by atoms with Crippen LogP contribution in [0.5, 0.6) is 0 Å². The van der Waals surface area contributed by atoms with Crippen LogP contribution in [-0.2, 0) is 4.74 Å². The third kappa shape index (κ3) is 3.45. The predicted octanol–water partition coefficient (Wildman–Crippen LogP) is 4.42. The lowest BCUT2D eigenvalue weighted by atomic mass is 9.98. The zero-order valence-corrected chi connectivity index (χ0v) is 16.8. The van der Waals surface area contributed by atoms with Crippen LogP contribution < -0.4 is 10.2 Å². The number of ether oxygens (including phenoxy) is 1. The molecule has 3 fully saturated rings. The first kappa shape index (κ1) is 19.1. The molecule has 0 amide bonds. The number of pyridine rings is 1. The SMILES string of the molecule is Cc1nnc(NC(C)c2cccc(C(F)F)c2)c2cc(N3CC4CC(C3)O4)cnc12. The van der Waals surface area contributed by atoms with Crippen molar-refractivity contribution in [2.24, 2.45) is 0 Å². The highest BCUT2D eigenvalue weighted by Crippen LogP contribution is 2.34. The van der Waals surface area contributed by atoms with Gasteiger partial charge in [0.2, 0.25) is 0 Å². The van der Waals surface area contributed by atoms with Crippen molar-refractivity contribution >= 4 is 22.4 Å². The third-order valence-electron chi connectivity index (χ3n) is 5.91. The highest BCUT2D eigenvalue weighted by atomic mass is 19.3. The fourth-order valence-corrected chi connectivity index (χ4v) is 4.25. The summed E-state index contributed by atoms with van der Waals surface area (Å²) in [6, 6.07) is 8.30. The standard InChI is InChI=1S/C22H23F2N5O/c1-12(14-4-3-5-15(6-14)21(23)24)26-22-19-7-16(9-25-20(19)13(2)27-28-22)29-10-17-8-18(11-29)30-17/h3-7,9,12,17-18,21H,8,10-11H2,1-2H3,(H,26,28). The number of alkyl halides is 2. The molecule has 3 saturated heterocycles. The number of rotatable bonds is 5. The Morgan fingerprint density at radius 3 is 2.60 bits per heavy atom. The number of halogens is 2. The van der Waals surface area contributed by atoms with Crippen LogP contribution in [0.2, 0.25) is 0 Å². The fraction of sp³-hybridized carbons (Fsp3) is 0.409. The molecule has 5 heterocycles. The van der Waals surface area contributed by atoms with Gasteiger partial charge in [-0.1, -0.05) is 18.2 Å². The molecular weight excluding hydrogens is 388 g/mol. The zero-order valence-electron chi connectivity index (χ0n) is 16.8. The number of aryl methyl sites for hydroxylation is 1. The molecule has 3 atom stereocenters. The van der Waals surface area contributed by atoms with Crippen LogP contribution in [-0.4, -0.2) is 40.5 Å². The summed E-state index contributed by atoms with van der Waals surface area (Å²) in [5.74, 6) is 0.596. The van der Waals surface area contributed by atoms with Gasteiger partial charge in [-0.2, -0.15) is 5.10 Å². The molecule has 2 bridgehead atoms. The molecule has 1 N–H and O–H groups in total.